The lowest BCUT2D eigenvalue weighted by Gasteiger charge is -2.36. The highest BCUT2D eigenvalue weighted by Crippen LogP contribution is 2.44. The summed E-state index contributed by atoms with van der Waals surface area (Å²) in [5.74, 6) is -1.01. The lowest BCUT2D eigenvalue weighted by Crippen LogP contribution is -2.38. The first-order valence-electron chi connectivity index (χ1n) is 9.58. The van der Waals surface area contributed by atoms with Crippen LogP contribution >= 0.6 is 11.8 Å². The fourth-order valence-corrected chi connectivity index (χ4v) is 4.28. The normalized spacial score (nSPS) is 18.0. The number of benzene rings is 1. The third-order valence-electron chi connectivity index (χ3n) is 4.65. The number of rotatable bonds is 8. The average molecular weight is 434 g/mol. The van der Waals surface area contributed by atoms with E-state index in [2.05, 4.69) is 10.3 Å². The van der Waals surface area contributed by atoms with Crippen molar-refractivity contribution in [3.05, 3.63) is 58.0 Å². The Morgan fingerprint density at radius 2 is 2.03 bits per heavy atom. The zero-order valence-electron chi connectivity index (χ0n) is 17.1. The first-order valence-corrected chi connectivity index (χ1v) is 10.5. The summed E-state index contributed by atoms with van der Waals surface area (Å²) in [4.78, 5) is 31.6. The smallest absolute Gasteiger partial charge is 0.338 e. The highest BCUT2D eigenvalue weighted by atomic mass is 32.2. The van der Waals surface area contributed by atoms with Crippen molar-refractivity contribution in [1.29, 1.82) is 0 Å². The lowest BCUT2D eigenvalue weighted by molar-refractivity contribution is -0.139. The summed E-state index contributed by atoms with van der Waals surface area (Å²) in [5, 5.41) is 5.31. The zero-order valence-corrected chi connectivity index (χ0v) is 17.9. The van der Waals surface area contributed by atoms with Gasteiger partial charge in [-0.15, -0.1) is 0 Å². The largest absolute Gasteiger partial charge is 0.463 e. The molecule has 2 aliphatic heterocycles. The number of thioether (sulfide) groups is 1. The predicted octanol–water partition coefficient (Wildman–Crippen LogP) is 3.12. The van der Waals surface area contributed by atoms with Gasteiger partial charge in [0.25, 0.3) is 0 Å². The Labute approximate surface area is 179 Å². The minimum atomic E-state index is -0.565. The number of nitrogens with one attached hydrogen (secondary N) is 1. The zero-order chi connectivity index (χ0) is 21.7. The molecule has 160 valence electrons. The monoisotopic (exact) mass is 433 g/mol. The van der Waals surface area contributed by atoms with Crippen molar-refractivity contribution in [3.63, 3.8) is 0 Å². The highest BCUT2D eigenvalue weighted by Gasteiger charge is 2.41. The van der Waals surface area contributed by atoms with E-state index >= 15 is 0 Å². The van der Waals surface area contributed by atoms with E-state index in [0.717, 1.165) is 0 Å². The Hall–Kier alpha value is -2.65. The molecule has 1 aromatic carbocycles. The summed E-state index contributed by atoms with van der Waals surface area (Å²) in [6.07, 6.45) is 0.114. The number of allylic oxidation sites excluding steroid dienone is 1. The van der Waals surface area contributed by atoms with Crippen LogP contribution in [0, 0.1) is 5.82 Å². The molecule has 0 saturated carbocycles. The molecule has 2 heterocycles. The van der Waals surface area contributed by atoms with Gasteiger partial charge in [-0.2, -0.15) is 0 Å². The van der Waals surface area contributed by atoms with Crippen molar-refractivity contribution < 1.29 is 23.5 Å². The van der Waals surface area contributed by atoms with Gasteiger partial charge >= 0.3 is 5.97 Å². The number of carbonyl (C=O) groups excluding carboxylic acids is 2. The second kappa shape index (κ2) is 9.90. The average Bonchev–Trinajstić information content (AvgIpc) is 3.10. The summed E-state index contributed by atoms with van der Waals surface area (Å²) >= 11 is 1.39. The molecule has 9 heteroatoms. The number of amidine groups is 1. The van der Waals surface area contributed by atoms with E-state index in [1.54, 1.807) is 33.1 Å². The number of aliphatic imine (C=N–C) groups is 1. The number of esters is 1. The molecule has 0 aliphatic carbocycles. The van der Waals surface area contributed by atoms with Gasteiger partial charge in [-0.05, 0) is 37.0 Å². The molecule has 1 aromatic rings. The minimum absolute atomic E-state index is 0.114. The van der Waals surface area contributed by atoms with Gasteiger partial charge in [-0.3, -0.25) is 4.79 Å². The van der Waals surface area contributed by atoms with Crippen LogP contribution in [0.25, 0.3) is 0 Å². The molecule has 0 saturated heterocycles. The van der Waals surface area contributed by atoms with Gasteiger partial charge in [0.05, 0.1) is 36.9 Å². The Morgan fingerprint density at radius 3 is 2.70 bits per heavy atom. The van der Waals surface area contributed by atoms with Gasteiger partial charge in [0.1, 0.15) is 5.82 Å². The van der Waals surface area contributed by atoms with Crippen molar-refractivity contribution in [2.24, 2.45) is 4.99 Å². The molecule has 3 rings (SSSR count). The molecule has 1 amide bonds. The summed E-state index contributed by atoms with van der Waals surface area (Å²) in [5.41, 5.74) is 2.33. The van der Waals surface area contributed by atoms with Crippen LogP contribution in [0.15, 0.2) is 51.6 Å². The van der Waals surface area contributed by atoms with E-state index in [1.807, 2.05) is 10.3 Å². The summed E-state index contributed by atoms with van der Waals surface area (Å²) < 4.78 is 23.8. The molecule has 0 fully saturated rings. The Balaban J connectivity index is 1.95. The second-order valence-electron chi connectivity index (χ2n) is 6.68. The number of hydrogen-bond donors (Lipinski definition) is 1. The number of carbonyl (C=O) groups is 2. The van der Waals surface area contributed by atoms with Crippen LogP contribution in [0.2, 0.25) is 0 Å². The maximum absolute atomic E-state index is 13.6. The van der Waals surface area contributed by atoms with E-state index < -0.39 is 12.0 Å². The van der Waals surface area contributed by atoms with Crippen molar-refractivity contribution >= 4 is 28.8 Å². The summed E-state index contributed by atoms with van der Waals surface area (Å²) in [7, 11) is 1.57. The molecule has 1 N–H and O–H groups in total. The maximum Gasteiger partial charge on any atom is 0.338 e. The van der Waals surface area contributed by atoms with Gasteiger partial charge in [0.2, 0.25) is 5.91 Å². The lowest BCUT2D eigenvalue weighted by atomic mass is 9.94. The molecule has 1 atom stereocenters. The Morgan fingerprint density at radius 1 is 1.30 bits per heavy atom. The number of fused-ring (bicyclic) bond motifs is 1. The van der Waals surface area contributed by atoms with Gasteiger partial charge < -0.3 is 19.7 Å². The number of halogens is 1. The van der Waals surface area contributed by atoms with E-state index in [-0.39, 0.29) is 24.8 Å². The minimum Gasteiger partial charge on any atom is -0.463 e. The van der Waals surface area contributed by atoms with Crippen LogP contribution in [0.5, 0.6) is 0 Å². The van der Waals surface area contributed by atoms with Crippen LogP contribution in [0.1, 0.15) is 31.9 Å². The molecule has 2 aliphatic rings. The van der Waals surface area contributed by atoms with Crippen LogP contribution in [-0.2, 0) is 19.1 Å². The van der Waals surface area contributed by atoms with Crippen molar-refractivity contribution in [1.82, 2.24) is 10.2 Å². The van der Waals surface area contributed by atoms with Crippen molar-refractivity contribution in [3.8, 4) is 0 Å². The Kier molecular flexibility index (Phi) is 7.28. The fourth-order valence-electron chi connectivity index (χ4n) is 3.32. The fraction of sp³-hybridized carbons (Fsp3) is 0.381. The SMILES string of the molecule is CCOC(=O)C1=C(C)N=C2SC=C(CC(=O)NCCOC)N2C1c1ccc(F)cc1. The number of amides is 1. The quantitative estimate of drug-likeness (QED) is 0.501. The van der Waals surface area contributed by atoms with E-state index in [0.29, 0.717) is 40.8 Å². The summed E-state index contributed by atoms with van der Waals surface area (Å²) in [6, 6.07) is 5.40. The number of nitrogens with zero attached hydrogens (tertiary/aromatic N) is 2. The molecular weight excluding hydrogens is 409 g/mol. The number of methoxy groups -OCH3 is 1. The van der Waals surface area contributed by atoms with Crippen LogP contribution in [0.3, 0.4) is 0 Å². The van der Waals surface area contributed by atoms with Crippen molar-refractivity contribution in [2.45, 2.75) is 26.3 Å². The molecule has 7 nitrogen and oxygen atoms in total. The van der Waals surface area contributed by atoms with E-state index in [9.17, 15) is 14.0 Å². The van der Waals surface area contributed by atoms with Crippen LogP contribution in [0.4, 0.5) is 4.39 Å². The Bertz CT molecular complexity index is 911. The standard InChI is InChI=1S/C21H24FN3O4S/c1-4-29-20(27)18-13(2)24-21-25(19(18)14-5-7-15(22)8-6-14)16(12-30-21)11-17(26)23-9-10-28-3/h5-8,12,19H,4,9-11H2,1-3H3,(H,23,26). The van der Waals surface area contributed by atoms with E-state index in [1.165, 1.54) is 23.9 Å². The molecule has 0 spiro atoms. The predicted molar refractivity (Wildman–Crippen MR) is 113 cm³/mol. The summed E-state index contributed by atoms with van der Waals surface area (Å²) in [6.45, 7) is 4.54. The molecular formula is C21H24FN3O4S. The number of ether oxygens (including phenoxy) is 2. The topological polar surface area (TPSA) is 80.2 Å². The first-order chi connectivity index (χ1) is 14.5. The number of hydrogen-bond acceptors (Lipinski definition) is 7. The third-order valence-corrected chi connectivity index (χ3v) is 5.54. The maximum atomic E-state index is 13.6. The molecule has 1 unspecified atom stereocenters. The van der Waals surface area contributed by atoms with Crippen LogP contribution < -0.4 is 5.32 Å². The third kappa shape index (κ3) is 4.73. The van der Waals surface area contributed by atoms with Gasteiger partial charge in [-0.1, -0.05) is 23.9 Å². The molecule has 0 bridgehead atoms. The molecule has 30 heavy (non-hydrogen) atoms. The molecule has 0 radical (unpaired) electrons. The van der Waals surface area contributed by atoms with E-state index in [4.69, 9.17) is 9.47 Å². The van der Waals surface area contributed by atoms with Gasteiger partial charge in [0, 0.05) is 19.4 Å². The van der Waals surface area contributed by atoms with Gasteiger partial charge in [0.15, 0.2) is 5.17 Å². The first kappa shape index (κ1) is 22.0. The highest BCUT2D eigenvalue weighted by molar-refractivity contribution is 8.16. The van der Waals surface area contributed by atoms with Gasteiger partial charge in [-0.25, -0.2) is 14.2 Å². The molecule has 0 aromatic heterocycles. The second-order valence-corrected chi connectivity index (χ2v) is 7.52. The van der Waals surface area contributed by atoms with Crippen molar-refractivity contribution in [2.75, 3.05) is 26.9 Å². The van der Waals surface area contributed by atoms with Crippen LogP contribution in [-0.4, -0.2) is 48.8 Å².